The maximum absolute atomic E-state index is 10.0. The van der Waals surface area contributed by atoms with Gasteiger partial charge in [0.1, 0.15) is 5.75 Å². The molecular formula is C14H14ClNO. The Kier molecular flexibility index (Phi) is 2.40. The number of nitrogens with one attached hydrogen (secondary N) is 1. The summed E-state index contributed by atoms with van der Waals surface area (Å²) in [4.78, 5) is 0. The van der Waals surface area contributed by atoms with E-state index in [-0.39, 0.29) is 0 Å². The number of aryl methyl sites for hydroxylation is 1. The first kappa shape index (κ1) is 10.7. The highest BCUT2D eigenvalue weighted by Gasteiger charge is 2.25. The van der Waals surface area contributed by atoms with Crippen molar-refractivity contribution >= 4 is 28.1 Å². The van der Waals surface area contributed by atoms with Gasteiger partial charge < -0.3 is 10.4 Å². The van der Waals surface area contributed by atoms with Crippen molar-refractivity contribution in [2.45, 2.75) is 12.8 Å². The van der Waals surface area contributed by atoms with Crippen LogP contribution < -0.4 is 5.32 Å². The van der Waals surface area contributed by atoms with E-state index in [4.69, 9.17) is 11.6 Å². The van der Waals surface area contributed by atoms with Crippen molar-refractivity contribution in [3.05, 3.63) is 35.4 Å². The number of fused-ring (bicyclic) bond motifs is 3. The molecule has 2 aromatic carbocycles. The van der Waals surface area contributed by atoms with E-state index in [9.17, 15) is 5.11 Å². The van der Waals surface area contributed by atoms with Crippen molar-refractivity contribution in [2.24, 2.45) is 0 Å². The van der Waals surface area contributed by atoms with Crippen LogP contribution in [0.15, 0.2) is 24.3 Å². The Balaban J connectivity index is 2.43. The SMILES string of the molecule is Cc1cccc2c(O)cc3c(c12)[C@H](CCl)CN3. The van der Waals surface area contributed by atoms with Gasteiger partial charge in [0.25, 0.3) is 0 Å². The zero-order valence-electron chi connectivity index (χ0n) is 9.63. The third kappa shape index (κ3) is 1.48. The number of phenolic OH excluding ortho intramolecular Hbond substituents is 1. The van der Waals surface area contributed by atoms with Crippen molar-refractivity contribution in [2.75, 3.05) is 17.7 Å². The molecule has 3 rings (SSSR count). The Morgan fingerprint density at radius 1 is 1.47 bits per heavy atom. The molecule has 0 saturated carbocycles. The molecular weight excluding hydrogens is 234 g/mol. The smallest absolute Gasteiger partial charge is 0.125 e. The predicted molar refractivity (Wildman–Crippen MR) is 72.3 cm³/mol. The van der Waals surface area contributed by atoms with Gasteiger partial charge in [0.2, 0.25) is 0 Å². The Hall–Kier alpha value is -1.41. The van der Waals surface area contributed by atoms with Crippen LogP contribution >= 0.6 is 11.6 Å². The minimum absolute atomic E-state index is 0.330. The first-order valence-corrected chi connectivity index (χ1v) is 6.31. The van der Waals surface area contributed by atoms with Crippen LogP contribution in [0.3, 0.4) is 0 Å². The van der Waals surface area contributed by atoms with Gasteiger partial charge in [-0.3, -0.25) is 0 Å². The summed E-state index contributed by atoms with van der Waals surface area (Å²) in [6, 6.07) is 7.82. The highest BCUT2D eigenvalue weighted by molar-refractivity contribution is 6.18. The average molecular weight is 248 g/mol. The van der Waals surface area contributed by atoms with Gasteiger partial charge in [0.15, 0.2) is 0 Å². The van der Waals surface area contributed by atoms with Crippen molar-refractivity contribution in [1.82, 2.24) is 0 Å². The second kappa shape index (κ2) is 3.81. The van der Waals surface area contributed by atoms with Crippen molar-refractivity contribution in [1.29, 1.82) is 0 Å². The summed E-state index contributed by atoms with van der Waals surface area (Å²) in [6.07, 6.45) is 0. The van der Waals surface area contributed by atoms with Crippen LogP contribution in [0.25, 0.3) is 10.8 Å². The summed E-state index contributed by atoms with van der Waals surface area (Å²) >= 11 is 6.03. The second-order valence-electron chi connectivity index (χ2n) is 4.59. The summed E-state index contributed by atoms with van der Waals surface area (Å²) in [5.74, 6) is 1.27. The summed E-state index contributed by atoms with van der Waals surface area (Å²) in [6.45, 7) is 2.93. The molecule has 0 aliphatic carbocycles. The number of anilines is 1. The molecule has 0 saturated heterocycles. The van der Waals surface area contributed by atoms with E-state index in [1.54, 1.807) is 0 Å². The maximum atomic E-state index is 10.0. The Morgan fingerprint density at radius 3 is 3.06 bits per heavy atom. The molecule has 0 radical (unpaired) electrons. The molecule has 17 heavy (non-hydrogen) atoms. The van der Waals surface area contributed by atoms with Crippen molar-refractivity contribution in [3.63, 3.8) is 0 Å². The third-order valence-corrected chi connectivity index (χ3v) is 3.90. The highest BCUT2D eigenvalue weighted by Crippen LogP contribution is 2.43. The Bertz CT molecular complexity index is 594. The van der Waals surface area contributed by atoms with Crippen LogP contribution in [0.1, 0.15) is 17.0 Å². The molecule has 1 atom stereocenters. The van der Waals surface area contributed by atoms with Gasteiger partial charge in [-0.05, 0) is 23.4 Å². The molecule has 0 spiro atoms. The average Bonchev–Trinajstić information content (AvgIpc) is 2.72. The minimum atomic E-state index is 0.330. The Labute approximate surface area is 105 Å². The molecule has 2 nitrogen and oxygen atoms in total. The molecule has 1 aliphatic rings. The molecule has 88 valence electrons. The third-order valence-electron chi connectivity index (χ3n) is 3.52. The molecule has 3 heteroatoms. The highest BCUT2D eigenvalue weighted by atomic mass is 35.5. The van der Waals surface area contributed by atoms with E-state index in [1.165, 1.54) is 11.1 Å². The number of hydrogen-bond acceptors (Lipinski definition) is 2. The van der Waals surface area contributed by atoms with Crippen LogP contribution in [0.4, 0.5) is 5.69 Å². The van der Waals surface area contributed by atoms with Gasteiger partial charge in [-0.1, -0.05) is 18.2 Å². The number of aromatic hydroxyl groups is 1. The van der Waals surface area contributed by atoms with Crippen molar-refractivity contribution < 1.29 is 5.11 Å². The van der Waals surface area contributed by atoms with E-state index in [1.807, 2.05) is 18.2 Å². The van der Waals surface area contributed by atoms with Crippen LogP contribution in [0.5, 0.6) is 5.75 Å². The van der Waals surface area contributed by atoms with Gasteiger partial charge in [-0.25, -0.2) is 0 Å². The molecule has 2 N–H and O–H groups in total. The standard InChI is InChI=1S/C14H14ClNO/c1-8-3-2-4-10-12(17)5-11-14(13(8)10)9(6-15)7-16-11/h2-5,9,16-17H,6-7H2,1H3/t9-/m1/s1. The molecule has 0 aromatic heterocycles. The van der Waals surface area contributed by atoms with E-state index in [0.29, 0.717) is 17.5 Å². The molecule has 1 heterocycles. The number of hydrogen-bond donors (Lipinski definition) is 2. The zero-order chi connectivity index (χ0) is 12.0. The second-order valence-corrected chi connectivity index (χ2v) is 4.90. The van der Waals surface area contributed by atoms with E-state index in [0.717, 1.165) is 23.0 Å². The molecule has 2 aromatic rings. The fraction of sp³-hybridized carbons (Fsp3) is 0.286. The minimum Gasteiger partial charge on any atom is -0.507 e. The monoisotopic (exact) mass is 247 g/mol. The van der Waals surface area contributed by atoms with E-state index in [2.05, 4.69) is 18.3 Å². The van der Waals surface area contributed by atoms with Gasteiger partial charge in [-0.15, -0.1) is 11.6 Å². The maximum Gasteiger partial charge on any atom is 0.125 e. The van der Waals surface area contributed by atoms with E-state index < -0.39 is 0 Å². The lowest BCUT2D eigenvalue weighted by atomic mass is 9.92. The van der Waals surface area contributed by atoms with Crippen LogP contribution in [-0.4, -0.2) is 17.5 Å². The van der Waals surface area contributed by atoms with Crippen LogP contribution in [0, 0.1) is 6.92 Å². The molecule has 0 unspecified atom stereocenters. The number of rotatable bonds is 1. The number of benzene rings is 2. The number of halogens is 1. The lowest BCUT2D eigenvalue weighted by Crippen LogP contribution is -2.03. The first-order chi connectivity index (χ1) is 8.22. The fourth-order valence-corrected chi connectivity index (χ4v) is 2.97. The molecule has 0 fully saturated rings. The molecule has 1 aliphatic heterocycles. The largest absolute Gasteiger partial charge is 0.507 e. The predicted octanol–water partition coefficient (Wildman–Crippen LogP) is 3.60. The fourth-order valence-electron chi connectivity index (χ4n) is 2.70. The number of phenols is 1. The quantitative estimate of drug-likeness (QED) is 0.755. The normalized spacial score (nSPS) is 18.1. The topological polar surface area (TPSA) is 32.3 Å². The Morgan fingerprint density at radius 2 is 2.29 bits per heavy atom. The first-order valence-electron chi connectivity index (χ1n) is 5.77. The van der Waals surface area contributed by atoms with Crippen LogP contribution in [-0.2, 0) is 0 Å². The number of alkyl halides is 1. The van der Waals surface area contributed by atoms with Crippen LogP contribution in [0.2, 0.25) is 0 Å². The van der Waals surface area contributed by atoms with E-state index >= 15 is 0 Å². The summed E-state index contributed by atoms with van der Waals surface area (Å²) < 4.78 is 0. The van der Waals surface area contributed by atoms with Gasteiger partial charge in [0, 0.05) is 35.5 Å². The van der Waals surface area contributed by atoms with Gasteiger partial charge >= 0.3 is 0 Å². The summed E-state index contributed by atoms with van der Waals surface area (Å²) in [5.41, 5.74) is 3.47. The summed E-state index contributed by atoms with van der Waals surface area (Å²) in [5, 5.41) is 15.4. The van der Waals surface area contributed by atoms with Crippen molar-refractivity contribution in [3.8, 4) is 5.75 Å². The molecule has 0 bridgehead atoms. The lowest BCUT2D eigenvalue weighted by molar-refractivity contribution is 0.482. The zero-order valence-corrected chi connectivity index (χ0v) is 10.4. The summed E-state index contributed by atoms with van der Waals surface area (Å²) in [7, 11) is 0. The molecule has 0 amide bonds. The lowest BCUT2D eigenvalue weighted by Gasteiger charge is -2.13. The van der Waals surface area contributed by atoms with Gasteiger partial charge in [0.05, 0.1) is 0 Å². The van der Waals surface area contributed by atoms with Gasteiger partial charge in [-0.2, -0.15) is 0 Å².